The topological polar surface area (TPSA) is 64.3 Å². The SMILES string of the molecule is O=C1C(=O)/C(=C2\c3ccccc3C[n+]3c2sc2ccccc23)C([O-])=C1C1=C2Sc3ccccc3N2Cc2ccccc21. The molecule has 4 aliphatic rings. The number of carbonyl (C=O) groups is 2. The fraction of sp³-hybridized carbons (Fsp3) is 0.0571. The minimum Gasteiger partial charge on any atom is -0.871 e. The normalized spacial score (nSPS) is 18.8. The van der Waals surface area contributed by atoms with Gasteiger partial charge in [-0.25, -0.2) is 0 Å². The smallest absolute Gasteiger partial charge is 0.271 e. The fourth-order valence-corrected chi connectivity index (χ4v) is 9.08. The summed E-state index contributed by atoms with van der Waals surface area (Å²) in [6, 6.07) is 31.9. The summed E-state index contributed by atoms with van der Waals surface area (Å²) in [6.45, 7) is 1.26. The van der Waals surface area contributed by atoms with Crippen molar-refractivity contribution in [1.82, 2.24) is 0 Å². The highest BCUT2D eigenvalue weighted by Gasteiger charge is 2.44. The number of nitrogens with zero attached hydrogens (tertiary/aromatic N) is 2. The largest absolute Gasteiger partial charge is 0.871 e. The highest BCUT2D eigenvalue weighted by Crippen LogP contribution is 2.55. The summed E-state index contributed by atoms with van der Waals surface area (Å²) in [4.78, 5) is 31.3. The second-order valence-corrected chi connectivity index (χ2v) is 12.8. The van der Waals surface area contributed by atoms with Crippen LogP contribution in [0.15, 0.2) is 124 Å². The number of thioether (sulfide) groups is 1. The number of benzene rings is 4. The van der Waals surface area contributed by atoms with E-state index < -0.39 is 17.3 Å². The molecule has 7 heteroatoms. The maximum absolute atomic E-state index is 14.6. The Morgan fingerprint density at radius 3 is 2.21 bits per heavy atom. The van der Waals surface area contributed by atoms with Crippen LogP contribution in [0.4, 0.5) is 5.69 Å². The summed E-state index contributed by atoms with van der Waals surface area (Å²) in [5.74, 6) is -1.95. The van der Waals surface area contributed by atoms with Crippen molar-refractivity contribution in [2.45, 2.75) is 18.0 Å². The van der Waals surface area contributed by atoms with Gasteiger partial charge in [-0.1, -0.05) is 102 Å². The zero-order chi connectivity index (χ0) is 28.1. The second-order valence-electron chi connectivity index (χ2n) is 10.7. The van der Waals surface area contributed by atoms with Gasteiger partial charge in [-0.15, -0.1) is 0 Å². The Morgan fingerprint density at radius 2 is 1.36 bits per heavy atom. The first-order valence-corrected chi connectivity index (χ1v) is 15.4. The number of carbonyl (C=O) groups excluding carboxylic acids is 2. The van der Waals surface area contributed by atoms with Crippen molar-refractivity contribution < 1.29 is 19.3 Å². The maximum Gasteiger partial charge on any atom is 0.271 e. The molecule has 0 amide bonds. The standard InChI is InChI=1S/C35H20N2O3S2/c38-31-29(27-21-11-3-1-9-19(21)17-36-23-13-5-7-15-25(23)41-34(27)36)32(39)33(40)30(31)28-22-12-4-2-10-20(22)18-37-24-14-6-8-16-26(24)42-35(28)37/h1-16H,17-18H2. The van der Waals surface area contributed by atoms with Crippen LogP contribution in [0.25, 0.3) is 21.4 Å². The Labute approximate surface area is 249 Å². The number of hydrogen-bond donors (Lipinski definition) is 0. The first kappa shape index (κ1) is 23.9. The Balaban J connectivity index is 1.36. The molecule has 0 saturated carbocycles. The lowest BCUT2D eigenvalue weighted by Gasteiger charge is -2.31. The van der Waals surface area contributed by atoms with Gasteiger partial charge < -0.3 is 10.0 Å². The number of ketones is 2. The molecular weight excluding hydrogens is 561 g/mol. The third-order valence-electron chi connectivity index (χ3n) is 8.49. The summed E-state index contributed by atoms with van der Waals surface area (Å²) in [6.07, 6.45) is 0. The lowest BCUT2D eigenvalue weighted by atomic mass is 9.90. The van der Waals surface area contributed by atoms with E-state index in [2.05, 4.69) is 21.6 Å². The van der Waals surface area contributed by atoms with E-state index in [4.69, 9.17) is 0 Å². The Hall–Kier alpha value is -4.72. The molecule has 1 aliphatic carbocycles. The summed E-state index contributed by atoms with van der Waals surface area (Å²) < 4.78 is 3.23. The molecule has 3 aliphatic heterocycles. The van der Waals surface area contributed by atoms with Crippen LogP contribution in [0.2, 0.25) is 0 Å². The molecule has 200 valence electrons. The minimum absolute atomic E-state index is 0.0225. The van der Waals surface area contributed by atoms with Gasteiger partial charge in [-0.3, -0.25) is 9.59 Å². The van der Waals surface area contributed by atoms with Crippen LogP contribution in [0, 0.1) is 0 Å². The second kappa shape index (κ2) is 8.64. The molecule has 0 bridgehead atoms. The van der Waals surface area contributed by atoms with Gasteiger partial charge in [0.15, 0.2) is 6.54 Å². The van der Waals surface area contributed by atoms with E-state index in [9.17, 15) is 14.7 Å². The molecule has 0 saturated heterocycles. The molecule has 5 aromatic rings. The van der Waals surface area contributed by atoms with Gasteiger partial charge in [0, 0.05) is 39.8 Å². The van der Waals surface area contributed by atoms with E-state index >= 15 is 0 Å². The van der Waals surface area contributed by atoms with E-state index in [-0.39, 0.29) is 11.1 Å². The summed E-state index contributed by atoms with van der Waals surface area (Å²) >= 11 is 3.10. The van der Waals surface area contributed by atoms with Crippen molar-refractivity contribution in [3.05, 3.63) is 146 Å². The van der Waals surface area contributed by atoms with Crippen molar-refractivity contribution in [2.24, 2.45) is 0 Å². The number of para-hydroxylation sites is 2. The number of thiazole rings is 1. The van der Waals surface area contributed by atoms with Crippen molar-refractivity contribution >= 4 is 61.7 Å². The molecule has 0 unspecified atom stereocenters. The summed E-state index contributed by atoms with van der Waals surface area (Å²) in [5, 5.41) is 16.3. The van der Waals surface area contributed by atoms with Gasteiger partial charge in [-0.05, 0) is 34.9 Å². The van der Waals surface area contributed by atoms with Gasteiger partial charge in [0.25, 0.3) is 5.01 Å². The lowest BCUT2D eigenvalue weighted by Crippen LogP contribution is -2.40. The molecule has 0 spiro atoms. The lowest BCUT2D eigenvalue weighted by molar-refractivity contribution is -0.661. The Kier molecular flexibility index (Phi) is 4.93. The predicted octanol–water partition coefficient (Wildman–Crippen LogP) is 5.61. The molecule has 0 radical (unpaired) electrons. The number of rotatable bonds is 1. The van der Waals surface area contributed by atoms with Crippen LogP contribution >= 0.6 is 23.1 Å². The highest BCUT2D eigenvalue weighted by molar-refractivity contribution is 8.04. The monoisotopic (exact) mass is 580 g/mol. The molecule has 42 heavy (non-hydrogen) atoms. The first-order valence-electron chi connectivity index (χ1n) is 13.7. The van der Waals surface area contributed by atoms with E-state index in [0.717, 1.165) is 53.1 Å². The van der Waals surface area contributed by atoms with Crippen LogP contribution in [0.1, 0.15) is 27.3 Å². The molecule has 9 rings (SSSR count). The highest BCUT2D eigenvalue weighted by atomic mass is 32.2. The van der Waals surface area contributed by atoms with E-state index in [0.29, 0.717) is 24.2 Å². The number of anilines is 1. The quantitative estimate of drug-likeness (QED) is 0.144. The van der Waals surface area contributed by atoms with Crippen LogP contribution in [-0.2, 0) is 22.7 Å². The predicted molar refractivity (Wildman–Crippen MR) is 162 cm³/mol. The molecule has 4 heterocycles. The average molecular weight is 581 g/mol. The zero-order valence-electron chi connectivity index (χ0n) is 22.1. The molecule has 0 atom stereocenters. The molecular formula is C35H20N2O3S2. The van der Waals surface area contributed by atoms with Crippen molar-refractivity contribution in [1.29, 1.82) is 0 Å². The zero-order valence-corrected chi connectivity index (χ0v) is 23.7. The van der Waals surface area contributed by atoms with E-state index in [1.165, 1.54) is 0 Å². The Bertz CT molecular complexity index is 2190. The first-order chi connectivity index (χ1) is 20.6. The van der Waals surface area contributed by atoms with Gasteiger partial charge in [0.1, 0.15) is 4.70 Å². The van der Waals surface area contributed by atoms with Crippen molar-refractivity contribution in [2.75, 3.05) is 4.90 Å². The average Bonchev–Trinajstić information content (AvgIpc) is 3.64. The maximum atomic E-state index is 14.6. The molecule has 0 N–H and O–H groups in total. The molecule has 4 aromatic carbocycles. The van der Waals surface area contributed by atoms with Crippen LogP contribution in [-0.4, -0.2) is 11.6 Å². The number of fused-ring (bicyclic) bond motifs is 8. The summed E-state index contributed by atoms with van der Waals surface area (Å²) in [5.41, 5.74) is 6.86. The number of Topliss-reactive ketones (excluding diaryl/α,β-unsaturated/α-hetero) is 2. The van der Waals surface area contributed by atoms with Crippen LogP contribution in [0.5, 0.6) is 0 Å². The van der Waals surface area contributed by atoms with Crippen molar-refractivity contribution in [3.63, 3.8) is 0 Å². The summed E-state index contributed by atoms with van der Waals surface area (Å²) in [7, 11) is 0. The van der Waals surface area contributed by atoms with Gasteiger partial charge in [-0.2, -0.15) is 4.57 Å². The van der Waals surface area contributed by atoms with Crippen LogP contribution < -0.4 is 14.6 Å². The third kappa shape index (κ3) is 3.12. The minimum atomic E-state index is -0.728. The van der Waals surface area contributed by atoms with Gasteiger partial charge >= 0.3 is 0 Å². The van der Waals surface area contributed by atoms with Crippen LogP contribution in [0.3, 0.4) is 0 Å². The molecule has 1 aromatic heterocycles. The fourth-order valence-electron chi connectivity index (χ4n) is 6.63. The number of hydrogen-bond acceptors (Lipinski definition) is 6. The van der Waals surface area contributed by atoms with Gasteiger partial charge in [0.2, 0.25) is 17.1 Å². The molecule has 0 fully saturated rings. The van der Waals surface area contributed by atoms with Crippen molar-refractivity contribution in [3.8, 4) is 0 Å². The van der Waals surface area contributed by atoms with E-state index in [1.807, 2.05) is 84.9 Å². The molecule has 5 nitrogen and oxygen atoms in total. The number of allylic oxidation sites excluding steroid dienone is 3. The van der Waals surface area contributed by atoms with E-state index in [1.54, 1.807) is 23.1 Å². The number of aromatic nitrogens is 1. The Morgan fingerprint density at radius 1 is 0.690 bits per heavy atom. The van der Waals surface area contributed by atoms with Gasteiger partial charge in [0.05, 0.1) is 16.3 Å². The third-order valence-corrected chi connectivity index (χ3v) is 10.9.